The second kappa shape index (κ2) is 7.27. The first kappa shape index (κ1) is 17.8. The molecular formula is C21H21FN6O. The van der Waals surface area contributed by atoms with Crippen molar-refractivity contribution in [3.63, 3.8) is 0 Å². The van der Waals surface area contributed by atoms with Gasteiger partial charge in [0.25, 0.3) is 0 Å². The normalized spacial score (nSPS) is 21.3. The van der Waals surface area contributed by atoms with E-state index in [1.54, 1.807) is 16.8 Å². The van der Waals surface area contributed by atoms with E-state index in [1.165, 1.54) is 12.1 Å². The van der Waals surface area contributed by atoms with E-state index in [4.69, 9.17) is 0 Å². The summed E-state index contributed by atoms with van der Waals surface area (Å²) in [5, 5.41) is 12.1. The fourth-order valence-corrected chi connectivity index (χ4v) is 4.02. The number of amides is 1. The number of aromatic nitrogens is 4. The SMILES string of the molecule is O=C(C1CC1c1ccc(F)cc1)N1CCN(c2nnnn2-c2ccccc2)CC1. The molecule has 1 amide bonds. The van der Waals surface area contributed by atoms with Crippen molar-refractivity contribution in [2.24, 2.45) is 5.92 Å². The van der Waals surface area contributed by atoms with Crippen molar-refractivity contribution in [1.82, 2.24) is 25.1 Å². The first-order valence-electron chi connectivity index (χ1n) is 9.84. The molecule has 2 aromatic carbocycles. The summed E-state index contributed by atoms with van der Waals surface area (Å²) in [6, 6.07) is 16.3. The summed E-state index contributed by atoms with van der Waals surface area (Å²) in [7, 11) is 0. The van der Waals surface area contributed by atoms with Gasteiger partial charge in [-0.3, -0.25) is 4.79 Å². The molecule has 1 saturated heterocycles. The van der Waals surface area contributed by atoms with Crippen LogP contribution in [0, 0.1) is 11.7 Å². The van der Waals surface area contributed by atoms with Crippen molar-refractivity contribution in [3.8, 4) is 5.69 Å². The predicted octanol–water partition coefficient (Wildman–Crippen LogP) is 2.25. The number of hydrogen-bond donors (Lipinski definition) is 0. The van der Waals surface area contributed by atoms with Crippen LogP contribution >= 0.6 is 0 Å². The number of carbonyl (C=O) groups is 1. The number of benzene rings is 2. The summed E-state index contributed by atoms with van der Waals surface area (Å²) < 4.78 is 14.8. The number of anilines is 1. The van der Waals surface area contributed by atoms with Crippen LogP contribution in [0.25, 0.3) is 5.69 Å². The van der Waals surface area contributed by atoms with Gasteiger partial charge in [-0.25, -0.2) is 4.39 Å². The fourth-order valence-electron chi connectivity index (χ4n) is 4.02. The summed E-state index contributed by atoms with van der Waals surface area (Å²) >= 11 is 0. The molecule has 1 aromatic heterocycles. The summed E-state index contributed by atoms with van der Waals surface area (Å²) in [6.45, 7) is 2.67. The Morgan fingerprint density at radius 1 is 0.966 bits per heavy atom. The molecule has 0 spiro atoms. The van der Waals surface area contributed by atoms with Crippen LogP contribution in [-0.2, 0) is 4.79 Å². The fraction of sp³-hybridized carbons (Fsp3) is 0.333. The quantitative estimate of drug-likeness (QED) is 0.681. The lowest BCUT2D eigenvalue weighted by molar-refractivity contribution is -0.133. The number of para-hydroxylation sites is 1. The largest absolute Gasteiger partial charge is 0.339 e. The van der Waals surface area contributed by atoms with Crippen molar-refractivity contribution in [2.45, 2.75) is 12.3 Å². The number of nitrogens with zero attached hydrogens (tertiary/aromatic N) is 6. The Morgan fingerprint density at radius 2 is 1.69 bits per heavy atom. The molecule has 3 aromatic rings. The van der Waals surface area contributed by atoms with E-state index in [2.05, 4.69) is 20.4 Å². The molecule has 0 radical (unpaired) electrons. The lowest BCUT2D eigenvalue weighted by Crippen LogP contribution is -2.50. The molecule has 1 aliphatic heterocycles. The topological polar surface area (TPSA) is 67.2 Å². The molecule has 2 aliphatic rings. The third-order valence-corrected chi connectivity index (χ3v) is 5.73. The van der Waals surface area contributed by atoms with Gasteiger partial charge in [0.15, 0.2) is 0 Å². The summed E-state index contributed by atoms with van der Waals surface area (Å²) in [5.74, 6) is 0.875. The van der Waals surface area contributed by atoms with E-state index in [0.717, 1.165) is 17.7 Å². The lowest BCUT2D eigenvalue weighted by atomic mass is 10.1. The second-order valence-electron chi connectivity index (χ2n) is 7.54. The van der Waals surface area contributed by atoms with Crippen molar-refractivity contribution < 1.29 is 9.18 Å². The van der Waals surface area contributed by atoms with E-state index in [9.17, 15) is 9.18 Å². The molecule has 0 bridgehead atoms. The molecule has 1 aliphatic carbocycles. The predicted molar refractivity (Wildman–Crippen MR) is 105 cm³/mol. The Labute approximate surface area is 167 Å². The first-order chi connectivity index (χ1) is 14.2. The lowest BCUT2D eigenvalue weighted by Gasteiger charge is -2.35. The van der Waals surface area contributed by atoms with E-state index in [-0.39, 0.29) is 23.6 Å². The molecule has 148 valence electrons. The number of piperazine rings is 1. The molecule has 2 heterocycles. The molecule has 2 fully saturated rings. The Balaban J connectivity index is 1.21. The van der Waals surface area contributed by atoms with Crippen LogP contribution < -0.4 is 4.90 Å². The molecule has 7 nitrogen and oxygen atoms in total. The monoisotopic (exact) mass is 392 g/mol. The molecule has 8 heteroatoms. The van der Waals surface area contributed by atoms with Crippen LogP contribution in [0.5, 0.6) is 0 Å². The third-order valence-electron chi connectivity index (χ3n) is 5.73. The second-order valence-corrected chi connectivity index (χ2v) is 7.54. The Bertz CT molecular complexity index is 998. The van der Waals surface area contributed by atoms with Crippen molar-refractivity contribution >= 4 is 11.9 Å². The van der Waals surface area contributed by atoms with Crippen LogP contribution in [0.4, 0.5) is 10.3 Å². The maximum absolute atomic E-state index is 13.1. The van der Waals surface area contributed by atoms with Gasteiger partial charge in [0.2, 0.25) is 11.9 Å². The Kier molecular flexibility index (Phi) is 4.46. The van der Waals surface area contributed by atoms with Gasteiger partial charge in [-0.1, -0.05) is 35.4 Å². The highest BCUT2D eigenvalue weighted by atomic mass is 19.1. The van der Waals surface area contributed by atoms with Crippen LogP contribution in [-0.4, -0.2) is 57.2 Å². The standard InChI is InChI=1S/C21H21FN6O/c22-16-8-6-15(7-9-16)18-14-19(18)20(29)26-10-12-27(13-11-26)21-23-24-25-28(21)17-4-2-1-3-5-17/h1-9,18-19H,10-14H2. The maximum Gasteiger partial charge on any atom is 0.250 e. The van der Waals surface area contributed by atoms with Gasteiger partial charge < -0.3 is 9.80 Å². The smallest absolute Gasteiger partial charge is 0.250 e. The zero-order chi connectivity index (χ0) is 19.8. The minimum Gasteiger partial charge on any atom is -0.339 e. The van der Waals surface area contributed by atoms with Crippen molar-refractivity contribution in [3.05, 3.63) is 66.0 Å². The average Bonchev–Trinajstić information content (AvgIpc) is 3.41. The van der Waals surface area contributed by atoms with E-state index < -0.39 is 0 Å². The van der Waals surface area contributed by atoms with Crippen molar-refractivity contribution in [2.75, 3.05) is 31.1 Å². The van der Waals surface area contributed by atoms with Gasteiger partial charge in [-0.05, 0) is 52.6 Å². The summed E-state index contributed by atoms with van der Waals surface area (Å²) in [5.41, 5.74) is 1.96. The van der Waals surface area contributed by atoms with Gasteiger partial charge in [0, 0.05) is 32.1 Å². The molecule has 29 heavy (non-hydrogen) atoms. The minimum atomic E-state index is -0.244. The van der Waals surface area contributed by atoms with Crippen molar-refractivity contribution in [1.29, 1.82) is 0 Å². The zero-order valence-electron chi connectivity index (χ0n) is 15.9. The molecule has 2 atom stereocenters. The number of carbonyl (C=O) groups excluding carboxylic acids is 1. The van der Waals surface area contributed by atoms with Crippen LogP contribution in [0.1, 0.15) is 17.9 Å². The van der Waals surface area contributed by atoms with Crippen LogP contribution in [0.2, 0.25) is 0 Å². The van der Waals surface area contributed by atoms with Gasteiger partial charge >= 0.3 is 0 Å². The van der Waals surface area contributed by atoms with Gasteiger partial charge in [0.05, 0.1) is 5.69 Å². The molecule has 5 rings (SSSR count). The third kappa shape index (κ3) is 3.46. The molecule has 1 saturated carbocycles. The van der Waals surface area contributed by atoms with E-state index in [1.807, 2.05) is 35.2 Å². The number of hydrogen-bond acceptors (Lipinski definition) is 5. The molecule has 0 N–H and O–H groups in total. The van der Waals surface area contributed by atoms with Crippen LogP contribution in [0.15, 0.2) is 54.6 Å². The van der Waals surface area contributed by atoms with Gasteiger partial charge in [-0.15, -0.1) is 0 Å². The number of halogens is 1. The highest BCUT2D eigenvalue weighted by molar-refractivity contribution is 5.83. The van der Waals surface area contributed by atoms with Crippen LogP contribution in [0.3, 0.4) is 0 Å². The molecular weight excluding hydrogens is 371 g/mol. The number of tetrazole rings is 1. The average molecular weight is 392 g/mol. The first-order valence-corrected chi connectivity index (χ1v) is 9.84. The zero-order valence-corrected chi connectivity index (χ0v) is 15.9. The Morgan fingerprint density at radius 3 is 2.41 bits per heavy atom. The number of rotatable bonds is 4. The summed E-state index contributed by atoms with van der Waals surface area (Å²) in [4.78, 5) is 16.9. The molecule has 2 unspecified atom stereocenters. The van der Waals surface area contributed by atoms with Gasteiger partial charge in [-0.2, -0.15) is 4.68 Å². The minimum absolute atomic E-state index is 0.0154. The van der Waals surface area contributed by atoms with Gasteiger partial charge in [0.1, 0.15) is 5.82 Å². The van der Waals surface area contributed by atoms with E-state index in [0.29, 0.717) is 32.1 Å². The summed E-state index contributed by atoms with van der Waals surface area (Å²) in [6.07, 6.45) is 0.844. The van der Waals surface area contributed by atoms with E-state index >= 15 is 0 Å². The highest BCUT2D eigenvalue weighted by Crippen LogP contribution is 2.48. The Hall–Kier alpha value is -3.29. The maximum atomic E-state index is 13.1. The highest BCUT2D eigenvalue weighted by Gasteiger charge is 2.46.